The first-order valence-electron chi connectivity index (χ1n) is 12.7. The van der Waals surface area contributed by atoms with Crippen LogP contribution in [0.5, 0.6) is 0 Å². The van der Waals surface area contributed by atoms with E-state index in [0.717, 1.165) is 44.5 Å². The number of nitrogens with one attached hydrogen (secondary N) is 4. The van der Waals surface area contributed by atoms with Crippen LogP contribution in [0.25, 0.3) is 22.4 Å². The summed E-state index contributed by atoms with van der Waals surface area (Å²) in [5, 5.41) is 15.7. The molecule has 0 saturated carbocycles. The summed E-state index contributed by atoms with van der Waals surface area (Å²) in [4.78, 5) is 40.4. The van der Waals surface area contributed by atoms with E-state index in [0.29, 0.717) is 23.9 Å². The molecule has 1 amide bonds. The molecule has 5 aromatic rings. The van der Waals surface area contributed by atoms with Crippen molar-refractivity contribution in [3.8, 4) is 11.4 Å². The molecule has 9 nitrogen and oxygen atoms in total. The van der Waals surface area contributed by atoms with Crippen molar-refractivity contribution in [1.82, 2.24) is 25.3 Å². The van der Waals surface area contributed by atoms with Crippen LogP contribution in [0.15, 0.2) is 66.9 Å². The van der Waals surface area contributed by atoms with E-state index in [1.807, 2.05) is 81.4 Å². The molecule has 39 heavy (non-hydrogen) atoms. The molecule has 0 bridgehead atoms. The molecule has 0 aliphatic heterocycles. The molecule has 2 heterocycles. The van der Waals surface area contributed by atoms with Crippen LogP contribution in [0.4, 0.5) is 5.95 Å². The summed E-state index contributed by atoms with van der Waals surface area (Å²) in [5.41, 5.74) is 7.65. The van der Waals surface area contributed by atoms with Gasteiger partial charge in [0.1, 0.15) is 11.9 Å². The van der Waals surface area contributed by atoms with Crippen molar-refractivity contribution in [3.05, 3.63) is 100 Å². The zero-order valence-corrected chi connectivity index (χ0v) is 22.0. The number of nitrogens with zero attached hydrogens (tertiary/aromatic N) is 2. The first-order valence-corrected chi connectivity index (χ1v) is 12.7. The molecule has 5 rings (SSSR count). The van der Waals surface area contributed by atoms with Gasteiger partial charge in [-0.25, -0.2) is 14.8 Å². The van der Waals surface area contributed by atoms with E-state index in [1.165, 1.54) is 0 Å². The van der Waals surface area contributed by atoms with Gasteiger partial charge in [0.15, 0.2) is 0 Å². The highest BCUT2D eigenvalue weighted by Crippen LogP contribution is 2.20. The van der Waals surface area contributed by atoms with Crippen LogP contribution in [0, 0.1) is 20.8 Å². The number of carboxylic acids is 1. The maximum absolute atomic E-state index is 12.9. The smallest absolute Gasteiger partial charge is 0.326 e. The van der Waals surface area contributed by atoms with Gasteiger partial charge in [-0.3, -0.25) is 4.79 Å². The molecule has 0 spiro atoms. The second-order valence-electron chi connectivity index (χ2n) is 9.75. The molecule has 0 aliphatic rings. The fourth-order valence-electron chi connectivity index (χ4n) is 4.81. The van der Waals surface area contributed by atoms with E-state index in [4.69, 9.17) is 0 Å². The number of imidazole rings is 2. The Morgan fingerprint density at radius 3 is 2.38 bits per heavy atom. The van der Waals surface area contributed by atoms with E-state index in [-0.39, 0.29) is 12.3 Å². The molecule has 0 aliphatic carbocycles. The van der Waals surface area contributed by atoms with Gasteiger partial charge in [-0.05, 0) is 49.6 Å². The van der Waals surface area contributed by atoms with Crippen molar-refractivity contribution in [2.45, 2.75) is 39.8 Å². The maximum Gasteiger partial charge on any atom is 0.326 e. The molecule has 1 unspecified atom stereocenters. The first kappa shape index (κ1) is 25.7. The van der Waals surface area contributed by atoms with Gasteiger partial charge in [-0.2, -0.15) is 0 Å². The summed E-state index contributed by atoms with van der Waals surface area (Å²) >= 11 is 0. The number of carboxylic acid groups (broad SMARTS) is 1. The number of amides is 1. The number of carbonyl (C=O) groups is 2. The van der Waals surface area contributed by atoms with Crippen LogP contribution >= 0.6 is 0 Å². The number of H-pyrrole nitrogens is 2. The number of fused-ring (bicyclic) bond motifs is 1. The molecular formula is C30H30N6O3. The van der Waals surface area contributed by atoms with E-state index in [2.05, 4.69) is 30.6 Å². The van der Waals surface area contributed by atoms with Crippen LogP contribution in [-0.4, -0.2) is 43.0 Å². The monoisotopic (exact) mass is 522 g/mol. The number of hydrogen-bond acceptors (Lipinski definition) is 5. The van der Waals surface area contributed by atoms with Gasteiger partial charge in [0.25, 0.3) is 5.91 Å². The standard InChI is InChI=1S/C30H30N6O3/c1-17-12-18(2)26(19(3)13-17)28(37)34-25(29(38)39)14-20-8-10-21(11-9-20)27-31-15-22(33-27)16-32-30-35-23-6-4-5-7-24(23)36-30/h4-13,15,25H,14,16H2,1-3H3,(H,31,33)(H,34,37)(H,38,39)(H2,32,35,36). The van der Waals surface area contributed by atoms with Crippen LogP contribution in [0.1, 0.15) is 38.3 Å². The van der Waals surface area contributed by atoms with Gasteiger partial charge in [0.05, 0.1) is 29.5 Å². The molecular weight excluding hydrogens is 492 g/mol. The summed E-state index contributed by atoms with van der Waals surface area (Å²) in [6.07, 6.45) is 1.93. The van der Waals surface area contributed by atoms with Crippen molar-refractivity contribution in [3.63, 3.8) is 0 Å². The summed E-state index contributed by atoms with van der Waals surface area (Å²) in [5.74, 6) is -0.0725. The SMILES string of the molecule is Cc1cc(C)c(C(=O)NC(Cc2ccc(-c3ncc(CNc4nc5ccccc5[nH]4)[nH]3)cc2)C(=O)O)c(C)c1. The Hall–Kier alpha value is -4.92. The molecule has 2 aromatic heterocycles. The number of aryl methyl sites for hydroxylation is 3. The van der Waals surface area contributed by atoms with Gasteiger partial charge in [-0.15, -0.1) is 0 Å². The molecule has 9 heteroatoms. The van der Waals surface area contributed by atoms with Gasteiger partial charge in [0.2, 0.25) is 5.95 Å². The Bertz CT molecular complexity index is 1600. The number of para-hydroxylation sites is 2. The van der Waals surface area contributed by atoms with E-state index >= 15 is 0 Å². The van der Waals surface area contributed by atoms with Crippen LogP contribution in [-0.2, 0) is 17.8 Å². The highest BCUT2D eigenvalue weighted by molar-refractivity contribution is 5.99. The van der Waals surface area contributed by atoms with Crippen molar-refractivity contribution in [2.75, 3.05) is 5.32 Å². The average molecular weight is 523 g/mol. The number of rotatable bonds is 9. The van der Waals surface area contributed by atoms with E-state index in [1.54, 1.807) is 6.20 Å². The lowest BCUT2D eigenvalue weighted by Crippen LogP contribution is -2.42. The van der Waals surface area contributed by atoms with E-state index < -0.39 is 12.0 Å². The Morgan fingerprint density at radius 2 is 1.69 bits per heavy atom. The Morgan fingerprint density at radius 1 is 0.974 bits per heavy atom. The van der Waals surface area contributed by atoms with Crippen molar-refractivity contribution < 1.29 is 14.7 Å². The minimum atomic E-state index is -1.08. The van der Waals surface area contributed by atoms with Gasteiger partial charge in [-0.1, -0.05) is 54.1 Å². The largest absolute Gasteiger partial charge is 0.480 e. The third kappa shape index (κ3) is 5.82. The molecule has 198 valence electrons. The summed E-state index contributed by atoms with van der Waals surface area (Å²) < 4.78 is 0. The summed E-state index contributed by atoms with van der Waals surface area (Å²) in [6, 6.07) is 18.1. The van der Waals surface area contributed by atoms with Gasteiger partial charge in [0, 0.05) is 17.5 Å². The number of anilines is 1. The molecule has 0 saturated heterocycles. The molecule has 3 aromatic carbocycles. The first-order chi connectivity index (χ1) is 18.8. The average Bonchev–Trinajstić information content (AvgIpc) is 3.54. The number of benzene rings is 3. The Kier molecular flexibility index (Phi) is 7.14. The lowest BCUT2D eigenvalue weighted by Gasteiger charge is -2.17. The highest BCUT2D eigenvalue weighted by atomic mass is 16.4. The van der Waals surface area contributed by atoms with Crippen LogP contribution < -0.4 is 10.6 Å². The minimum absolute atomic E-state index is 0.163. The number of aromatic amines is 2. The lowest BCUT2D eigenvalue weighted by atomic mass is 9.98. The van der Waals surface area contributed by atoms with E-state index in [9.17, 15) is 14.7 Å². The predicted molar refractivity (Wildman–Crippen MR) is 151 cm³/mol. The topological polar surface area (TPSA) is 136 Å². The normalized spacial score (nSPS) is 11.9. The third-order valence-electron chi connectivity index (χ3n) is 6.64. The van der Waals surface area contributed by atoms with Gasteiger partial charge < -0.3 is 25.7 Å². The van der Waals surface area contributed by atoms with Crippen molar-refractivity contribution in [1.29, 1.82) is 0 Å². The van der Waals surface area contributed by atoms with Crippen LogP contribution in [0.2, 0.25) is 0 Å². The van der Waals surface area contributed by atoms with Gasteiger partial charge >= 0.3 is 5.97 Å². The lowest BCUT2D eigenvalue weighted by molar-refractivity contribution is -0.139. The molecule has 5 N–H and O–H groups in total. The Labute approximate surface area is 225 Å². The number of carbonyl (C=O) groups excluding carboxylic acids is 1. The maximum atomic E-state index is 12.9. The second-order valence-corrected chi connectivity index (χ2v) is 9.75. The number of aromatic nitrogens is 4. The fraction of sp³-hybridized carbons (Fsp3) is 0.200. The highest BCUT2D eigenvalue weighted by Gasteiger charge is 2.23. The second kappa shape index (κ2) is 10.8. The van der Waals surface area contributed by atoms with Crippen molar-refractivity contribution in [2.24, 2.45) is 0 Å². The Balaban J connectivity index is 1.22. The van der Waals surface area contributed by atoms with Crippen molar-refractivity contribution >= 4 is 28.9 Å². The minimum Gasteiger partial charge on any atom is -0.480 e. The summed E-state index contributed by atoms with van der Waals surface area (Å²) in [6.45, 7) is 6.20. The summed E-state index contributed by atoms with van der Waals surface area (Å²) in [7, 11) is 0. The zero-order valence-electron chi connectivity index (χ0n) is 22.0. The third-order valence-corrected chi connectivity index (χ3v) is 6.64. The number of hydrogen-bond donors (Lipinski definition) is 5. The molecule has 0 fully saturated rings. The molecule has 0 radical (unpaired) electrons. The fourth-order valence-corrected chi connectivity index (χ4v) is 4.81. The zero-order chi connectivity index (χ0) is 27.5. The number of aliphatic carboxylic acids is 1. The predicted octanol–water partition coefficient (Wildman–Crippen LogP) is 4.92. The quantitative estimate of drug-likeness (QED) is 0.187. The van der Waals surface area contributed by atoms with Crippen LogP contribution in [0.3, 0.4) is 0 Å². The molecule has 1 atom stereocenters.